The largest absolute Gasteiger partial charge is 0.493 e. The quantitative estimate of drug-likeness (QED) is 0.831. The van der Waals surface area contributed by atoms with Crippen molar-refractivity contribution in [3.05, 3.63) is 23.8 Å². The molecular weight excluding hydrogens is 290 g/mol. The van der Waals surface area contributed by atoms with Gasteiger partial charge < -0.3 is 19.7 Å². The molecule has 1 aliphatic rings. The second-order valence-electron chi connectivity index (χ2n) is 6.47. The van der Waals surface area contributed by atoms with E-state index in [1.54, 1.807) is 7.11 Å². The first kappa shape index (κ1) is 18.0. The molecule has 1 aromatic rings. The Morgan fingerprint density at radius 2 is 2.13 bits per heavy atom. The van der Waals surface area contributed by atoms with Crippen LogP contribution in [0.4, 0.5) is 0 Å². The predicted molar refractivity (Wildman–Crippen MR) is 94.5 cm³/mol. The van der Waals surface area contributed by atoms with Crippen molar-refractivity contribution in [2.45, 2.75) is 25.9 Å². The van der Waals surface area contributed by atoms with Crippen LogP contribution in [0, 0.1) is 0 Å². The Labute approximate surface area is 140 Å². The zero-order valence-corrected chi connectivity index (χ0v) is 15.1. The number of nitrogens with one attached hydrogen (secondary N) is 1. The molecule has 5 nitrogen and oxygen atoms in total. The zero-order chi connectivity index (χ0) is 16.8. The van der Waals surface area contributed by atoms with Crippen LogP contribution in [0.2, 0.25) is 0 Å². The fraction of sp³-hybridized carbons (Fsp3) is 0.667. The molecule has 5 heteroatoms. The monoisotopic (exact) mass is 321 g/mol. The van der Waals surface area contributed by atoms with Crippen LogP contribution in [0.1, 0.15) is 25.5 Å². The van der Waals surface area contributed by atoms with Crippen LogP contribution in [-0.4, -0.2) is 69.8 Å². The molecule has 2 rings (SSSR count). The minimum Gasteiger partial charge on any atom is -0.493 e. The molecule has 0 bridgehead atoms. The number of hydrogen-bond donors (Lipinski definition) is 1. The summed E-state index contributed by atoms with van der Waals surface area (Å²) in [5, 5.41) is 3.52. The number of rotatable bonds is 7. The minimum atomic E-state index is 0.360. The van der Waals surface area contributed by atoms with Crippen LogP contribution < -0.4 is 14.8 Å². The Hall–Kier alpha value is -1.30. The van der Waals surface area contributed by atoms with Gasteiger partial charge in [0.1, 0.15) is 0 Å². The van der Waals surface area contributed by atoms with E-state index >= 15 is 0 Å². The molecule has 130 valence electrons. The highest BCUT2D eigenvalue weighted by Gasteiger charge is 2.26. The lowest BCUT2D eigenvalue weighted by Gasteiger charge is -2.39. The van der Waals surface area contributed by atoms with Crippen molar-refractivity contribution in [2.75, 3.05) is 54.0 Å². The van der Waals surface area contributed by atoms with Crippen LogP contribution in [0.3, 0.4) is 0 Å². The summed E-state index contributed by atoms with van der Waals surface area (Å²) in [6, 6.07) is 7.23. The van der Waals surface area contributed by atoms with Crippen molar-refractivity contribution in [2.24, 2.45) is 0 Å². The molecule has 0 spiro atoms. The number of ether oxygens (including phenoxy) is 2. The lowest BCUT2D eigenvalue weighted by Crippen LogP contribution is -2.51. The molecule has 1 aromatic carbocycles. The fourth-order valence-corrected chi connectivity index (χ4v) is 3.19. The Bertz CT molecular complexity index is 493. The van der Waals surface area contributed by atoms with Gasteiger partial charge in [0.2, 0.25) is 0 Å². The van der Waals surface area contributed by atoms with Gasteiger partial charge in [0.15, 0.2) is 11.5 Å². The van der Waals surface area contributed by atoms with E-state index < -0.39 is 0 Å². The first-order chi connectivity index (χ1) is 11.0. The SMILES string of the molecule is CCOc1ccc(C(CN(C)C)N2CCNC(C)C2)cc1OC. The van der Waals surface area contributed by atoms with E-state index in [1.165, 1.54) is 5.56 Å². The van der Waals surface area contributed by atoms with Gasteiger partial charge >= 0.3 is 0 Å². The Kier molecular flexibility index (Phi) is 6.69. The molecule has 1 fully saturated rings. The summed E-state index contributed by atoms with van der Waals surface area (Å²) in [4.78, 5) is 4.82. The average Bonchev–Trinajstić information content (AvgIpc) is 2.53. The summed E-state index contributed by atoms with van der Waals surface area (Å²) >= 11 is 0. The molecule has 2 atom stereocenters. The van der Waals surface area contributed by atoms with Gasteiger partial charge in [0, 0.05) is 38.3 Å². The highest BCUT2D eigenvalue weighted by atomic mass is 16.5. The average molecular weight is 321 g/mol. The van der Waals surface area contributed by atoms with Crippen LogP contribution in [0.5, 0.6) is 11.5 Å². The lowest BCUT2D eigenvalue weighted by atomic mass is 10.0. The number of methoxy groups -OCH3 is 1. The molecule has 2 unspecified atom stereocenters. The molecule has 1 aliphatic heterocycles. The molecule has 0 aromatic heterocycles. The lowest BCUT2D eigenvalue weighted by molar-refractivity contribution is 0.125. The van der Waals surface area contributed by atoms with Gasteiger partial charge in [-0.2, -0.15) is 0 Å². The predicted octanol–water partition coefficient (Wildman–Crippen LogP) is 1.99. The second-order valence-corrected chi connectivity index (χ2v) is 6.47. The zero-order valence-electron chi connectivity index (χ0n) is 15.1. The molecule has 1 saturated heterocycles. The van der Waals surface area contributed by atoms with Gasteiger partial charge in [0.05, 0.1) is 13.7 Å². The smallest absolute Gasteiger partial charge is 0.161 e. The third-order valence-electron chi connectivity index (χ3n) is 4.25. The highest BCUT2D eigenvalue weighted by Crippen LogP contribution is 2.32. The third kappa shape index (κ3) is 4.83. The fourth-order valence-electron chi connectivity index (χ4n) is 3.19. The first-order valence-electron chi connectivity index (χ1n) is 8.48. The summed E-state index contributed by atoms with van der Waals surface area (Å²) in [7, 11) is 5.96. The highest BCUT2D eigenvalue weighted by molar-refractivity contribution is 5.44. The minimum absolute atomic E-state index is 0.360. The Balaban J connectivity index is 2.27. The number of piperazine rings is 1. The van der Waals surface area contributed by atoms with Crippen LogP contribution in [0.15, 0.2) is 18.2 Å². The van der Waals surface area contributed by atoms with E-state index in [0.29, 0.717) is 18.7 Å². The van der Waals surface area contributed by atoms with E-state index in [2.05, 4.69) is 48.3 Å². The van der Waals surface area contributed by atoms with E-state index in [9.17, 15) is 0 Å². The summed E-state index contributed by atoms with van der Waals surface area (Å²) < 4.78 is 11.2. The van der Waals surface area contributed by atoms with Gasteiger partial charge in [-0.3, -0.25) is 4.90 Å². The van der Waals surface area contributed by atoms with E-state index in [-0.39, 0.29) is 0 Å². The maximum atomic E-state index is 5.65. The maximum absolute atomic E-state index is 5.65. The van der Waals surface area contributed by atoms with E-state index in [1.807, 2.05) is 13.0 Å². The second kappa shape index (κ2) is 8.52. The number of benzene rings is 1. The van der Waals surface area contributed by atoms with Gasteiger partial charge in [0.25, 0.3) is 0 Å². The van der Waals surface area contributed by atoms with Gasteiger partial charge in [-0.15, -0.1) is 0 Å². The van der Waals surface area contributed by atoms with Crippen molar-refractivity contribution < 1.29 is 9.47 Å². The molecule has 0 saturated carbocycles. The first-order valence-corrected chi connectivity index (χ1v) is 8.48. The standard InChI is InChI=1S/C18H31N3O2/c1-6-23-17-8-7-15(11-18(17)22-5)16(13-20(3)4)21-10-9-19-14(2)12-21/h7-8,11,14,16,19H,6,9-10,12-13H2,1-5H3. The van der Waals surface area contributed by atoms with Gasteiger partial charge in [-0.25, -0.2) is 0 Å². The molecule has 0 radical (unpaired) electrons. The van der Waals surface area contributed by atoms with Crippen molar-refractivity contribution in [1.82, 2.24) is 15.1 Å². The van der Waals surface area contributed by atoms with Crippen molar-refractivity contribution in [3.63, 3.8) is 0 Å². The maximum Gasteiger partial charge on any atom is 0.161 e. The van der Waals surface area contributed by atoms with Gasteiger partial charge in [-0.05, 0) is 45.6 Å². The third-order valence-corrected chi connectivity index (χ3v) is 4.25. The van der Waals surface area contributed by atoms with Crippen LogP contribution in [0.25, 0.3) is 0 Å². The summed E-state index contributed by atoms with van der Waals surface area (Å²) in [5.74, 6) is 1.63. The normalized spacial score (nSPS) is 20.5. The molecule has 1 N–H and O–H groups in total. The topological polar surface area (TPSA) is 37.0 Å². The number of nitrogens with zero attached hydrogens (tertiary/aromatic N) is 2. The van der Waals surface area contributed by atoms with Gasteiger partial charge in [-0.1, -0.05) is 6.07 Å². The van der Waals surface area contributed by atoms with Crippen molar-refractivity contribution >= 4 is 0 Å². The summed E-state index contributed by atoms with van der Waals surface area (Å²) in [5.41, 5.74) is 1.29. The molecule has 1 heterocycles. The Morgan fingerprint density at radius 3 is 2.74 bits per heavy atom. The molecular formula is C18H31N3O2. The van der Waals surface area contributed by atoms with Crippen LogP contribution >= 0.6 is 0 Å². The molecule has 0 amide bonds. The number of hydrogen-bond acceptors (Lipinski definition) is 5. The van der Waals surface area contributed by atoms with E-state index in [0.717, 1.165) is 37.7 Å². The number of likely N-dealkylation sites (N-methyl/N-ethyl adjacent to an activating group) is 1. The summed E-state index contributed by atoms with van der Waals surface area (Å²) in [6.07, 6.45) is 0. The molecule has 23 heavy (non-hydrogen) atoms. The van der Waals surface area contributed by atoms with Crippen molar-refractivity contribution in [1.29, 1.82) is 0 Å². The summed E-state index contributed by atoms with van der Waals surface area (Å²) in [6.45, 7) is 9.05. The van der Waals surface area contributed by atoms with E-state index in [4.69, 9.17) is 9.47 Å². The molecule has 0 aliphatic carbocycles. The van der Waals surface area contributed by atoms with Crippen LogP contribution in [-0.2, 0) is 0 Å². The Morgan fingerprint density at radius 1 is 1.35 bits per heavy atom. The van der Waals surface area contributed by atoms with Crippen molar-refractivity contribution in [3.8, 4) is 11.5 Å².